The second-order valence-corrected chi connectivity index (χ2v) is 3.67. The Hall–Kier alpha value is -2.28. The number of carbonyl (C=O) groups is 1. The van der Waals surface area contributed by atoms with Gasteiger partial charge in [0.15, 0.2) is 0 Å². The first-order valence-corrected chi connectivity index (χ1v) is 5.51. The van der Waals surface area contributed by atoms with Crippen molar-refractivity contribution in [2.75, 3.05) is 13.7 Å². The molecule has 4 nitrogen and oxygen atoms in total. The molecule has 0 aliphatic rings. The molecule has 1 aromatic carbocycles. The van der Waals surface area contributed by atoms with E-state index >= 15 is 0 Å². The Balaban J connectivity index is 2.49. The summed E-state index contributed by atoms with van der Waals surface area (Å²) in [5.41, 5.74) is 1.46. The van der Waals surface area contributed by atoms with E-state index in [-0.39, 0.29) is 5.97 Å². The monoisotopic (exact) mass is 245 g/mol. The molecule has 1 aromatic rings. The van der Waals surface area contributed by atoms with Gasteiger partial charge in [0.2, 0.25) is 0 Å². The highest BCUT2D eigenvalue weighted by atomic mass is 16.5. The van der Waals surface area contributed by atoms with Crippen LogP contribution in [0.5, 0.6) is 5.75 Å². The van der Waals surface area contributed by atoms with Gasteiger partial charge in [-0.3, -0.25) is 0 Å². The number of carbonyl (C=O) groups excluding carboxylic acids is 1. The highest BCUT2D eigenvalue weighted by molar-refractivity contribution is 5.87. The maximum atomic E-state index is 11.1. The molecule has 18 heavy (non-hydrogen) atoms. The summed E-state index contributed by atoms with van der Waals surface area (Å²) in [5.74, 6) is 0.341. The van der Waals surface area contributed by atoms with E-state index in [0.717, 1.165) is 5.56 Å². The molecule has 0 fully saturated rings. The van der Waals surface area contributed by atoms with Crippen LogP contribution in [0.3, 0.4) is 0 Å². The van der Waals surface area contributed by atoms with Crippen LogP contribution in [-0.4, -0.2) is 19.7 Å². The van der Waals surface area contributed by atoms with Crippen molar-refractivity contribution in [3.05, 3.63) is 41.5 Å². The lowest BCUT2D eigenvalue weighted by Crippen LogP contribution is -2.04. The molecule has 0 saturated heterocycles. The van der Waals surface area contributed by atoms with E-state index in [4.69, 9.17) is 10.00 Å². The molecule has 0 unspecified atom stereocenters. The predicted octanol–water partition coefficient (Wildman–Crippen LogP) is 2.25. The largest absolute Gasteiger partial charge is 0.490 e. The average molecular weight is 245 g/mol. The third-order valence-electron chi connectivity index (χ3n) is 2.35. The van der Waals surface area contributed by atoms with Gasteiger partial charge < -0.3 is 9.47 Å². The smallest absolute Gasteiger partial charge is 0.333 e. The second kappa shape index (κ2) is 7.13. The van der Waals surface area contributed by atoms with Crippen molar-refractivity contribution in [1.82, 2.24) is 0 Å². The van der Waals surface area contributed by atoms with Gasteiger partial charge in [0, 0.05) is 5.57 Å². The van der Waals surface area contributed by atoms with Crippen LogP contribution >= 0.6 is 0 Å². The van der Waals surface area contributed by atoms with E-state index in [2.05, 4.69) is 10.8 Å². The zero-order chi connectivity index (χ0) is 13.4. The van der Waals surface area contributed by atoms with Gasteiger partial charge in [0.05, 0.1) is 19.6 Å². The van der Waals surface area contributed by atoms with Crippen molar-refractivity contribution < 1.29 is 14.3 Å². The fourth-order valence-electron chi connectivity index (χ4n) is 1.30. The normalized spacial score (nSPS) is 10.6. The quantitative estimate of drug-likeness (QED) is 0.589. The van der Waals surface area contributed by atoms with Crippen LogP contribution in [0.1, 0.15) is 12.5 Å². The number of benzene rings is 1. The van der Waals surface area contributed by atoms with Crippen molar-refractivity contribution >= 4 is 5.97 Å². The molecule has 0 heterocycles. The summed E-state index contributed by atoms with van der Waals surface area (Å²) < 4.78 is 10.0. The minimum absolute atomic E-state index is 0.304. The third-order valence-corrected chi connectivity index (χ3v) is 2.35. The highest BCUT2D eigenvalue weighted by Gasteiger charge is 2.01. The number of rotatable bonds is 5. The van der Waals surface area contributed by atoms with Crippen LogP contribution in [0.25, 0.3) is 0 Å². The van der Waals surface area contributed by atoms with E-state index in [1.54, 1.807) is 25.1 Å². The lowest BCUT2D eigenvalue weighted by atomic mass is 10.2. The van der Waals surface area contributed by atoms with Crippen LogP contribution in [0, 0.1) is 11.3 Å². The Morgan fingerprint density at radius 3 is 2.61 bits per heavy atom. The Bertz CT molecular complexity index is 469. The Morgan fingerprint density at radius 1 is 1.39 bits per heavy atom. The molecule has 0 bridgehead atoms. The first kappa shape index (κ1) is 13.8. The molecule has 0 radical (unpaired) electrons. The van der Waals surface area contributed by atoms with Crippen LogP contribution in [0.2, 0.25) is 0 Å². The summed E-state index contributed by atoms with van der Waals surface area (Å²) in [6, 6.07) is 9.36. The Kier molecular flexibility index (Phi) is 5.46. The summed E-state index contributed by atoms with van der Waals surface area (Å²) in [6.07, 6.45) is 2.05. The number of hydrogen-bond donors (Lipinski definition) is 0. The third kappa shape index (κ3) is 4.30. The van der Waals surface area contributed by atoms with Gasteiger partial charge in [-0.15, -0.1) is 0 Å². The van der Waals surface area contributed by atoms with Crippen molar-refractivity contribution in [2.24, 2.45) is 0 Å². The summed E-state index contributed by atoms with van der Waals surface area (Å²) in [6.45, 7) is 1.98. The van der Waals surface area contributed by atoms with Crippen molar-refractivity contribution in [3.8, 4) is 11.8 Å². The van der Waals surface area contributed by atoms with Gasteiger partial charge in [-0.05, 0) is 30.7 Å². The van der Waals surface area contributed by atoms with Gasteiger partial charge in [-0.2, -0.15) is 5.26 Å². The van der Waals surface area contributed by atoms with E-state index in [0.29, 0.717) is 24.4 Å². The number of nitriles is 1. The van der Waals surface area contributed by atoms with Crippen molar-refractivity contribution in [3.63, 3.8) is 0 Å². The van der Waals surface area contributed by atoms with Crippen LogP contribution in [0.15, 0.2) is 35.9 Å². The standard InChI is InChI=1S/C14H15NO3/c1-11(14(16)17-2)8-10-18-13-5-3-12(4-6-13)7-9-15/h3-6,8H,7,10H2,1-2H3. The molecule has 94 valence electrons. The number of esters is 1. The van der Waals surface area contributed by atoms with Crippen molar-refractivity contribution in [1.29, 1.82) is 5.26 Å². The fraction of sp³-hybridized carbons (Fsp3) is 0.286. The number of nitrogens with zero attached hydrogens (tertiary/aromatic N) is 1. The van der Waals surface area contributed by atoms with E-state index in [1.165, 1.54) is 7.11 Å². The average Bonchev–Trinajstić information content (AvgIpc) is 2.40. The lowest BCUT2D eigenvalue weighted by Gasteiger charge is -2.04. The highest BCUT2D eigenvalue weighted by Crippen LogP contribution is 2.12. The molecule has 0 spiro atoms. The Morgan fingerprint density at radius 2 is 2.06 bits per heavy atom. The molecule has 0 N–H and O–H groups in total. The van der Waals surface area contributed by atoms with Gasteiger partial charge in [0.1, 0.15) is 12.4 Å². The lowest BCUT2D eigenvalue weighted by molar-refractivity contribution is -0.136. The van der Waals surface area contributed by atoms with Crippen molar-refractivity contribution in [2.45, 2.75) is 13.3 Å². The molecule has 0 aliphatic carbocycles. The van der Waals surface area contributed by atoms with E-state index < -0.39 is 0 Å². The number of hydrogen-bond acceptors (Lipinski definition) is 4. The Labute approximate surface area is 106 Å². The molecule has 0 saturated carbocycles. The minimum atomic E-state index is -0.358. The SMILES string of the molecule is COC(=O)C(C)=CCOc1ccc(CC#N)cc1. The van der Waals surface area contributed by atoms with Gasteiger partial charge in [0.25, 0.3) is 0 Å². The number of ether oxygens (including phenoxy) is 2. The zero-order valence-electron chi connectivity index (χ0n) is 10.5. The molecular formula is C14H15NO3. The summed E-state index contributed by atoms with van der Waals surface area (Å²) >= 11 is 0. The van der Waals surface area contributed by atoms with E-state index in [1.807, 2.05) is 12.1 Å². The molecule has 4 heteroatoms. The summed E-state index contributed by atoms with van der Waals surface area (Å²) in [4.78, 5) is 11.1. The van der Waals surface area contributed by atoms with Crippen LogP contribution < -0.4 is 4.74 Å². The second-order valence-electron chi connectivity index (χ2n) is 3.67. The molecule has 0 amide bonds. The van der Waals surface area contributed by atoms with Gasteiger partial charge in [-0.25, -0.2) is 4.79 Å². The van der Waals surface area contributed by atoms with E-state index in [9.17, 15) is 4.79 Å². The molecular weight excluding hydrogens is 230 g/mol. The first-order chi connectivity index (χ1) is 8.67. The summed E-state index contributed by atoms with van der Waals surface area (Å²) in [5, 5.41) is 8.53. The number of methoxy groups -OCH3 is 1. The maximum absolute atomic E-state index is 11.1. The molecule has 0 aliphatic heterocycles. The molecule has 0 aromatic heterocycles. The van der Waals surface area contributed by atoms with Crippen LogP contribution in [0.4, 0.5) is 0 Å². The summed E-state index contributed by atoms with van der Waals surface area (Å²) in [7, 11) is 1.34. The van der Waals surface area contributed by atoms with Gasteiger partial charge in [-0.1, -0.05) is 12.1 Å². The zero-order valence-corrected chi connectivity index (χ0v) is 10.5. The topological polar surface area (TPSA) is 59.3 Å². The van der Waals surface area contributed by atoms with Crippen LogP contribution in [-0.2, 0) is 16.0 Å². The fourth-order valence-corrected chi connectivity index (χ4v) is 1.30. The minimum Gasteiger partial charge on any atom is -0.490 e. The van der Waals surface area contributed by atoms with Gasteiger partial charge >= 0.3 is 5.97 Å². The maximum Gasteiger partial charge on any atom is 0.333 e. The molecule has 1 rings (SSSR count). The predicted molar refractivity (Wildman–Crippen MR) is 67.0 cm³/mol. The molecule has 0 atom stereocenters. The first-order valence-electron chi connectivity index (χ1n) is 5.51.